The summed E-state index contributed by atoms with van der Waals surface area (Å²) < 4.78 is 59.1. The molecule has 0 bridgehead atoms. The van der Waals surface area contributed by atoms with Crippen molar-refractivity contribution in [3.05, 3.63) is 35.4 Å². The van der Waals surface area contributed by atoms with Crippen molar-refractivity contribution in [2.45, 2.75) is 0 Å². The van der Waals surface area contributed by atoms with E-state index >= 15 is 0 Å². The van der Waals surface area contributed by atoms with Crippen LogP contribution < -0.4 is 0 Å². The number of Topliss-reactive ketones (excluding diaryl/α,β-unsaturated/α-hetero) is 1. The summed E-state index contributed by atoms with van der Waals surface area (Å²) in [6.45, 7) is 0. The maximum absolute atomic E-state index is 13.3. The Kier molecular flexibility index (Phi) is 5.30. The van der Waals surface area contributed by atoms with Crippen molar-refractivity contribution in [3.8, 4) is 0 Å². The predicted molar refractivity (Wildman–Crippen MR) is 68.3 cm³/mol. The van der Waals surface area contributed by atoms with Gasteiger partial charge in [0.25, 0.3) is 0 Å². The molecule has 19 heavy (non-hydrogen) atoms. The number of rotatable bonds is 6. The maximum atomic E-state index is 13.3. The van der Waals surface area contributed by atoms with E-state index in [1.165, 1.54) is 0 Å². The number of ketones is 1. The second kappa shape index (κ2) is 6.33. The zero-order chi connectivity index (χ0) is 14.6. The molecule has 0 aromatic heterocycles. The Labute approximate surface area is 112 Å². The lowest BCUT2D eigenvalue weighted by atomic mass is 10.1. The highest BCUT2D eigenvalue weighted by Crippen LogP contribution is 2.10. The van der Waals surface area contributed by atoms with Crippen molar-refractivity contribution >= 4 is 26.4 Å². The molecule has 0 radical (unpaired) electrons. The van der Waals surface area contributed by atoms with E-state index < -0.39 is 43.8 Å². The van der Waals surface area contributed by atoms with E-state index in [-0.39, 0.29) is 17.1 Å². The van der Waals surface area contributed by atoms with E-state index in [0.717, 1.165) is 18.4 Å². The lowest BCUT2D eigenvalue weighted by molar-refractivity contribution is 0.101. The van der Waals surface area contributed by atoms with Crippen LogP contribution in [-0.4, -0.2) is 41.9 Å². The van der Waals surface area contributed by atoms with Gasteiger partial charge in [-0.2, -0.15) is 0 Å². The number of hydrogen-bond donors (Lipinski definition) is 0. The molecule has 1 rings (SSSR count). The van der Waals surface area contributed by atoms with Gasteiger partial charge in [0, 0.05) is 28.9 Å². The van der Waals surface area contributed by atoms with Gasteiger partial charge in [0.05, 0.1) is 17.1 Å². The quantitative estimate of drug-likeness (QED) is 0.733. The second-order valence-corrected chi connectivity index (χ2v) is 7.80. The first-order valence-electron chi connectivity index (χ1n) is 5.20. The fourth-order valence-electron chi connectivity index (χ4n) is 1.26. The average Bonchev–Trinajstić information content (AvgIpc) is 2.25. The van der Waals surface area contributed by atoms with Gasteiger partial charge in [0.15, 0.2) is 5.78 Å². The van der Waals surface area contributed by atoms with Gasteiger partial charge in [-0.1, -0.05) is 0 Å². The molecule has 0 N–H and O–H groups in total. The van der Waals surface area contributed by atoms with E-state index in [0.29, 0.717) is 6.07 Å². The number of hydrogen-bond acceptors (Lipinski definition) is 4. The van der Waals surface area contributed by atoms with Gasteiger partial charge in [0.2, 0.25) is 0 Å². The van der Waals surface area contributed by atoms with Crippen LogP contribution in [0.4, 0.5) is 8.78 Å². The van der Waals surface area contributed by atoms with Gasteiger partial charge >= 0.3 is 0 Å². The standard InChI is InChI=1S/C11H12F2O4S2/c1-19(16,17)5-4-18(15)7-11(14)9-3-2-8(12)6-10(9)13/h2-3,6H,4-5,7H2,1H3. The van der Waals surface area contributed by atoms with Crippen LogP contribution >= 0.6 is 0 Å². The summed E-state index contributed by atoms with van der Waals surface area (Å²) in [6.07, 6.45) is 0.992. The fraction of sp³-hybridized carbons (Fsp3) is 0.364. The van der Waals surface area contributed by atoms with E-state index in [4.69, 9.17) is 0 Å². The Morgan fingerprint density at radius 1 is 1.32 bits per heavy atom. The van der Waals surface area contributed by atoms with Gasteiger partial charge in [-0.3, -0.25) is 9.00 Å². The Morgan fingerprint density at radius 2 is 1.95 bits per heavy atom. The first-order valence-corrected chi connectivity index (χ1v) is 8.75. The van der Waals surface area contributed by atoms with Crippen LogP contribution in [0.5, 0.6) is 0 Å². The zero-order valence-corrected chi connectivity index (χ0v) is 11.7. The molecule has 1 aromatic carbocycles. The highest BCUT2D eigenvalue weighted by molar-refractivity contribution is 7.92. The minimum Gasteiger partial charge on any atom is -0.293 e. The summed E-state index contributed by atoms with van der Waals surface area (Å²) in [6, 6.07) is 2.46. The monoisotopic (exact) mass is 310 g/mol. The highest BCUT2D eigenvalue weighted by atomic mass is 32.2. The first kappa shape index (κ1) is 15.9. The van der Waals surface area contributed by atoms with Crippen molar-refractivity contribution in [2.24, 2.45) is 0 Å². The molecule has 4 nitrogen and oxygen atoms in total. The van der Waals surface area contributed by atoms with Crippen LogP contribution in [-0.2, 0) is 20.6 Å². The minimum absolute atomic E-state index is 0.187. The number of sulfone groups is 1. The lowest BCUT2D eigenvalue weighted by Gasteiger charge is -2.03. The normalized spacial score (nSPS) is 13.2. The van der Waals surface area contributed by atoms with E-state index in [1.807, 2.05) is 0 Å². The fourth-order valence-corrected chi connectivity index (χ4v) is 3.80. The van der Waals surface area contributed by atoms with E-state index in [2.05, 4.69) is 0 Å². The van der Waals surface area contributed by atoms with Crippen molar-refractivity contribution in [1.82, 2.24) is 0 Å². The molecule has 0 saturated carbocycles. The van der Waals surface area contributed by atoms with Gasteiger partial charge in [-0.05, 0) is 12.1 Å². The number of carbonyl (C=O) groups excluding carboxylic acids is 1. The van der Waals surface area contributed by atoms with Crippen LogP contribution in [0.1, 0.15) is 10.4 Å². The van der Waals surface area contributed by atoms with Crippen LogP contribution in [0.15, 0.2) is 18.2 Å². The summed E-state index contributed by atoms with van der Waals surface area (Å²) in [4.78, 5) is 11.6. The molecule has 1 atom stereocenters. The summed E-state index contributed by atoms with van der Waals surface area (Å²) in [5.41, 5.74) is -0.353. The van der Waals surface area contributed by atoms with Crippen LogP contribution in [0.2, 0.25) is 0 Å². The van der Waals surface area contributed by atoms with E-state index in [1.54, 1.807) is 0 Å². The van der Waals surface area contributed by atoms with E-state index in [9.17, 15) is 26.2 Å². The molecular formula is C11H12F2O4S2. The van der Waals surface area contributed by atoms with Crippen LogP contribution in [0.25, 0.3) is 0 Å². The lowest BCUT2D eigenvalue weighted by Crippen LogP contribution is -2.19. The third-order valence-corrected chi connectivity index (χ3v) is 4.65. The van der Waals surface area contributed by atoms with Crippen molar-refractivity contribution in [2.75, 3.05) is 23.5 Å². The molecule has 0 saturated heterocycles. The Bertz CT molecular complexity index is 611. The molecular weight excluding hydrogens is 298 g/mol. The summed E-state index contributed by atoms with van der Waals surface area (Å²) in [5.74, 6) is -3.56. The zero-order valence-electron chi connectivity index (χ0n) is 10.1. The van der Waals surface area contributed by atoms with Gasteiger partial charge in [-0.15, -0.1) is 0 Å². The Hall–Kier alpha value is -1.15. The molecule has 8 heteroatoms. The third-order valence-electron chi connectivity index (χ3n) is 2.21. The molecule has 0 heterocycles. The second-order valence-electron chi connectivity index (χ2n) is 3.97. The smallest absolute Gasteiger partial charge is 0.178 e. The predicted octanol–water partition coefficient (Wildman–Crippen LogP) is 0.941. The number of halogens is 2. The molecule has 1 unspecified atom stereocenters. The van der Waals surface area contributed by atoms with Crippen molar-refractivity contribution < 1.29 is 26.2 Å². The summed E-state index contributed by atoms with van der Waals surface area (Å²) in [5, 5.41) is 0. The molecule has 106 valence electrons. The topological polar surface area (TPSA) is 68.3 Å². The first-order chi connectivity index (χ1) is 8.69. The molecule has 0 aliphatic heterocycles. The average molecular weight is 310 g/mol. The molecule has 0 fully saturated rings. The third kappa shape index (κ3) is 5.56. The van der Waals surface area contributed by atoms with Crippen LogP contribution in [0, 0.1) is 11.6 Å². The highest BCUT2D eigenvalue weighted by Gasteiger charge is 2.16. The van der Waals surface area contributed by atoms with Crippen LogP contribution in [0.3, 0.4) is 0 Å². The minimum atomic E-state index is -3.26. The SMILES string of the molecule is CS(=O)(=O)CCS(=O)CC(=O)c1ccc(F)cc1F. The van der Waals surface area contributed by atoms with Crippen molar-refractivity contribution in [1.29, 1.82) is 0 Å². The molecule has 0 aliphatic rings. The Balaban J connectivity index is 2.67. The summed E-state index contributed by atoms with van der Waals surface area (Å²) >= 11 is 0. The Morgan fingerprint density at radius 3 is 2.47 bits per heavy atom. The van der Waals surface area contributed by atoms with Gasteiger partial charge < -0.3 is 0 Å². The maximum Gasteiger partial charge on any atom is 0.178 e. The molecule has 0 aliphatic carbocycles. The molecule has 0 amide bonds. The largest absolute Gasteiger partial charge is 0.293 e. The summed E-state index contributed by atoms with van der Waals surface area (Å²) in [7, 11) is -4.96. The molecule has 1 aromatic rings. The number of carbonyl (C=O) groups is 1. The van der Waals surface area contributed by atoms with Gasteiger partial charge in [-0.25, -0.2) is 17.2 Å². The molecule has 0 spiro atoms. The number of benzene rings is 1. The van der Waals surface area contributed by atoms with Gasteiger partial charge in [0.1, 0.15) is 21.5 Å². The van der Waals surface area contributed by atoms with Crippen molar-refractivity contribution in [3.63, 3.8) is 0 Å².